The standard InChI is InChI=1S/C71H116O36/c1-26-38(77)43(82)48(87)59(96-26)104-55-33(23-75)100-58(52(91)47(55)86)95-25-34-41(80)46(85)51(90)62(101-34)107-65(93)71-17-15-66(2,3)19-28(71)27-9-10-36-68(6)13-12-37(67(4,5)35(68)11-14-70(36,8)69(27,7)16-18-71)102-64-57(106-61-50(89)45(84)40(79)31(21-73)98-61)54(29(76)24-94-64)103-63-53(92)56(42(81)32(22-74)99-63)105-60-49(88)44(83)39(78)30(20-72)97-60/h9,26,28-64,72-92H,10-25H2,1-8H3. The Bertz CT molecular complexity index is 3020. The lowest BCUT2D eigenvalue weighted by molar-refractivity contribution is -0.397. The summed E-state index contributed by atoms with van der Waals surface area (Å²) in [5.74, 6) is -0.978. The van der Waals surface area contributed by atoms with Gasteiger partial charge in [-0.15, -0.1) is 0 Å². The van der Waals surface area contributed by atoms with Crippen LogP contribution < -0.4 is 0 Å². The number of allylic oxidation sites excluding steroid dienone is 2. The molecular weight excluding hydrogens is 1430 g/mol. The first-order valence-corrected chi connectivity index (χ1v) is 37.6. The molecule has 21 N–H and O–H groups in total. The summed E-state index contributed by atoms with van der Waals surface area (Å²) in [5.41, 5.74) is -2.11. The van der Waals surface area contributed by atoms with Crippen LogP contribution in [0.4, 0.5) is 0 Å². The zero-order chi connectivity index (χ0) is 78.0. The lowest BCUT2D eigenvalue weighted by Crippen LogP contribution is -2.67. The van der Waals surface area contributed by atoms with E-state index in [0.717, 1.165) is 12.0 Å². The predicted molar refractivity (Wildman–Crippen MR) is 353 cm³/mol. The van der Waals surface area contributed by atoms with E-state index >= 15 is 4.79 Å². The highest BCUT2D eigenvalue weighted by Gasteiger charge is 2.71. The monoisotopic (exact) mass is 1540 g/mol. The SMILES string of the molecule is CC1OC(OC2C(CO)OC(OCC3OC(OC(=O)C45CCC(C)(C)CC4C4=CCC6C7(C)CCC(OC8OCC(O)C(OC9OC(CO)C(O)C(OC%10OC(CO)C(O)C(O)C%10O)C9O)C8OC8OC(CO)C(O)C(O)C8O)C(C)(C)C7CCC6(C)C4(C)CC5)C(O)C(O)C3O)C(O)C2O)C(O)C(O)C1O. The fourth-order valence-electron chi connectivity index (χ4n) is 20.5. The van der Waals surface area contributed by atoms with Gasteiger partial charge >= 0.3 is 5.97 Å². The van der Waals surface area contributed by atoms with Gasteiger partial charge in [0, 0.05) is 0 Å². The van der Waals surface area contributed by atoms with Gasteiger partial charge in [0.1, 0.15) is 159 Å². The molecule has 7 aliphatic heterocycles. The molecule has 0 aromatic carbocycles. The van der Waals surface area contributed by atoms with Crippen molar-refractivity contribution in [2.24, 2.45) is 50.2 Å². The quantitative estimate of drug-likeness (QED) is 0.0325. The largest absolute Gasteiger partial charge is 0.432 e. The lowest BCUT2D eigenvalue weighted by atomic mass is 9.33. The highest BCUT2D eigenvalue weighted by Crippen LogP contribution is 2.76. The molecule has 36 nitrogen and oxygen atoms in total. The fourth-order valence-corrected chi connectivity index (χ4v) is 20.5. The predicted octanol–water partition coefficient (Wildman–Crippen LogP) is -6.90. The van der Waals surface area contributed by atoms with E-state index in [0.29, 0.717) is 57.8 Å². The molecule has 7 heterocycles. The summed E-state index contributed by atoms with van der Waals surface area (Å²) in [6.07, 6.45) is -52.1. The molecule has 107 heavy (non-hydrogen) atoms. The normalized spacial score (nSPS) is 54.2. The fraction of sp³-hybridized carbons (Fsp3) is 0.958. The first-order valence-electron chi connectivity index (χ1n) is 37.6. The van der Waals surface area contributed by atoms with E-state index in [4.69, 9.17) is 66.3 Å². The van der Waals surface area contributed by atoms with Crippen molar-refractivity contribution in [1.82, 2.24) is 0 Å². The number of fused-ring (bicyclic) bond motifs is 7. The molecule has 616 valence electrons. The second-order valence-electron chi connectivity index (χ2n) is 34.3. The van der Waals surface area contributed by atoms with E-state index in [1.165, 1.54) is 6.92 Å². The molecule has 36 heteroatoms. The zero-order valence-corrected chi connectivity index (χ0v) is 61.3. The van der Waals surface area contributed by atoms with E-state index in [2.05, 4.69) is 54.5 Å². The Hall–Kier alpha value is -2.15. The molecule has 4 saturated carbocycles. The van der Waals surface area contributed by atoms with Crippen LogP contribution in [0.5, 0.6) is 0 Å². The average Bonchev–Trinajstić information content (AvgIpc) is 0.674. The minimum Gasteiger partial charge on any atom is -0.432 e. The lowest BCUT2D eigenvalue weighted by Gasteiger charge is -2.71. The summed E-state index contributed by atoms with van der Waals surface area (Å²) in [6.45, 7) is 12.3. The maximum absolute atomic E-state index is 15.4. The van der Waals surface area contributed by atoms with Crippen LogP contribution in [0.3, 0.4) is 0 Å². The Kier molecular flexibility index (Phi) is 25.3. The highest BCUT2D eigenvalue weighted by molar-refractivity contribution is 5.79. The van der Waals surface area contributed by atoms with Gasteiger partial charge in [0.25, 0.3) is 0 Å². The number of ether oxygens (including phenoxy) is 14. The molecule has 7 saturated heterocycles. The van der Waals surface area contributed by atoms with Crippen LogP contribution in [0.2, 0.25) is 0 Å². The number of esters is 1. The van der Waals surface area contributed by atoms with Crippen molar-refractivity contribution in [3.8, 4) is 0 Å². The van der Waals surface area contributed by atoms with E-state index in [1.807, 2.05) is 0 Å². The topological polar surface area (TPSA) is 571 Å². The molecule has 0 amide bonds. The molecule has 12 aliphatic rings. The second kappa shape index (κ2) is 32.1. The van der Waals surface area contributed by atoms with Gasteiger partial charge in [-0.25, -0.2) is 0 Å². The number of hydrogen-bond acceptors (Lipinski definition) is 36. The first kappa shape index (κ1) is 84.3. The Morgan fingerprint density at radius 3 is 1.52 bits per heavy atom. The molecule has 42 atom stereocenters. The number of aliphatic hydroxyl groups excluding tert-OH is 21. The molecule has 0 aromatic heterocycles. The molecule has 0 bridgehead atoms. The molecule has 0 radical (unpaired) electrons. The molecule has 5 aliphatic carbocycles. The summed E-state index contributed by atoms with van der Waals surface area (Å²) in [7, 11) is 0. The second-order valence-corrected chi connectivity index (χ2v) is 34.3. The summed E-state index contributed by atoms with van der Waals surface area (Å²) in [6, 6.07) is 0. The van der Waals surface area contributed by atoms with E-state index < -0.39 is 277 Å². The van der Waals surface area contributed by atoms with Crippen LogP contribution in [-0.4, -0.2) is 368 Å². The van der Waals surface area contributed by atoms with Gasteiger partial charge in [-0.3, -0.25) is 4.79 Å². The highest BCUT2D eigenvalue weighted by atomic mass is 16.8. The van der Waals surface area contributed by atoms with Gasteiger partial charge < -0.3 is 174 Å². The van der Waals surface area contributed by atoms with E-state index in [-0.39, 0.29) is 34.0 Å². The van der Waals surface area contributed by atoms with Crippen LogP contribution in [0.15, 0.2) is 11.6 Å². The minimum absolute atomic E-state index is 0.0347. The Morgan fingerprint density at radius 2 is 0.925 bits per heavy atom. The van der Waals surface area contributed by atoms with Crippen molar-refractivity contribution >= 4 is 5.97 Å². The van der Waals surface area contributed by atoms with Crippen LogP contribution in [0, 0.1) is 50.2 Å². The summed E-state index contributed by atoms with van der Waals surface area (Å²) in [4.78, 5) is 15.4. The Balaban J connectivity index is 0.751. The van der Waals surface area contributed by atoms with Gasteiger partial charge in [0.15, 0.2) is 37.7 Å². The molecule has 0 aromatic rings. The number of carbonyl (C=O) groups excluding carboxylic acids is 1. The van der Waals surface area contributed by atoms with Gasteiger partial charge in [-0.05, 0) is 116 Å². The maximum atomic E-state index is 15.4. The Morgan fingerprint density at radius 1 is 0.439 bits per heavy atom. The summed E-state index contributed by atoms with van der Waals surface area (Å²) in [5, 5.41) is 229. The first-order chi connectivity index (χ1) is 50.3. The minimum atomic E-state index is -2.08. The van der Waals surface area contributed by atoms with Crippen LogP contribution >= 0.6 is 0 Å². The van der Waals surface area contributed by atoms with E-state index in [1.54, 1.807) is 0 Å². The number of carbonyl (C=O) groups is 1. The Labute approximate surface area is 618 Å². The van der Waals surface area contributed by atoms with Crippen molar-refractivity contribution in [2.45, 2.75) is 335 Å². The molecule has 12 rings (SSSR count). The zero-order valence-electron chi connectivity index (χ0n) is 61.3. The van der Waals surface area contributed by atoms with Crippen molar-refractivity contribution in [3.63, 3.8) is 0 Å². The third-order valence-electron chi connectivity index (χ3n) is 27.3. The third kappa shape index (κ3) is 14.9. The average molecular weight is 1550 g/mol. The van der Waals surface area contributed by atoms with Crippen molar-refractivity contribution in [1.29, 1.82) is 0 Å². The summed E-state index contributed by atoms with van der Waals surface area (Å²) >= 11 is 0. The molecular formula is C71H116O36. The number of aliphatic hydroxyl groups is 21. The van der Waals surface area contributed by atoms with Gasteiger partial charge in [0.05, 0.1) is 57.3 Å². The van der Waals surface area contributed by atoms with Gasteiger partial charge in [-0.1, -0.05) is 60.1 Å². The maximum Gasteiger partial charge on any atom is 0.315 e. The van der Waals surface area contributed by atoms with E-state index in [9.17, 15) is 107 Å². The van der Waals surface area contributed by atoms with Crippen molar-refractivity contribution in [2.75, 3.05) is 39.6 Å². The van der Waals surface area contributed by atoms with Crippen molar-refractivity contribution in [3.05, 3.63) is 11.6 Å². The molecule has 11 fully saturated rings. The van der Waals surface area contributed by atoms with Gasteiger partial charge in [-0.2, -0.15) is 0 Å². The summed E-state index contributed by atoms with van der Waals surface area (Å²) < 4.78 is 84.2. The van der Waals surface area contributed by atoms with Gasteiger partial charge in [0.2, 0.25) is 6.29 Å². The third-order valence-corrected chi connectivity index (χ3v) is 27.3. The number of hydrogen-bond donors (Lipinski definition) is 21. The van der Waals surface area contributed by atoms with Crippen molar-refractivity contribution < 1.29 is 178 Å². The number of rotatable bonds is 19. The molecule has 0 spiro atoms. The van der Waals surface area contributed by atoms with Crippen LogP contribution in [0.1, 0.15) is 120 Å². The van der Waals surface area contributed by atoms with Crippen LogP contribution in [-0.2, 0) is 71.1 Å². The smallest absolute Gasteiger partial charge is 0.315 e. The van der Waals surface area contributed by atoms with Crippen LogP contribution in [0.25, 0.3) is 0 Å². The molecule has 42 unspecified atom stereocenters.